The summed E-state index contributed by atoms with van der Waals surface area (Å²) in [5.74, 6) is 0. The van der Waals surface area contributed by atoms with Crippen molar-refractivity contribution in [3.63, 3.8) is 0 Å². The van der Waals surface area contributed by atoms with Gasteiger partial charge in [0.25, 0.3) is 0 Å². The van der Waals surface area contributed by atoms with Crippen LogP contribution in [-0.2, 0) is 10.0 Å². The number of nitrogens with zero attached hydrogens (tertiary/aromatic N) is 2. The highest BCUT2D eigenvalue weighted by molar-refractivity contribution is 7.89. The smallest absolute Gasteiger partial charge is 0.243 e. The Morgan fingerprint density at radius 2 is 2.00 bits per heavy atom. The second-order valence-electron chi connectivity index (χ2n) is 5.53. The molecule has 1 N–H and O–H groups in total. The number of aliphatic hydroxyl groups is 1. The van der Waals surface area contributed by atoms with E-state index >= 15 is 0 Å². The minimum Gasteiger partial charge on any atom is -0.391 e. The molecule has 1 aliphatic rings. The molecule has 0 aromatic heterocycles. The van der Waals surface area contributed by atoms with Crippen molar-refractivity contribution in [1.29, 1.82) is 5.26 Å². The Labute approximate surface area is 125 Å². The van der Waals surface area contributed by atoms with Crippen LogP contribution in [0.25, 0.3) is 0 Å². The summed E-state index contributed by atoms with van der Waals surface area (Å²) in [5, 5.41) is 18.9. The number of nitriles is 1. The monoisotopic (exact) mass is 308 g/mol. The van der Waals surface area contributed by atoms with Gasteiger partial charge in [-0.3, -0.25) is 0 Å². The minimum atomic E-state index is -3.66. The molecule has 0 bridgehead atoms. The van der Waals surface area contributed by atoms with Crippen LogP contribution in [-0.4, -0.2) is 37.0 Å². The number of aliphatic hydroxyl groups excluding tert-OH is 1. The Morgan fingerprint density at radius 3 is 2.57 bits per heavy atom. The highest BCUT2D eigenvalue weighted by atomic mass is 32.2. The van der Waals surface area contributed by atoms with Gasteiger partial charge in [0.1, 0.15) is 0 Å². The zero-order valence-corrected chi connectivity index (χ0v) is 13.1. The summed E-state index contributed by atoms with van der Waals surface area (Å²) in [6, 6.07) is 6.16. The van der Waals surface area contributed by atoms with Crippen molar-refractivity contribution in [3.8, 4) is 6.07 Å². The minimum absolute atomic E-state index is 0.196. The average molecular weight is 308 g/mol. The van der Waals surface area contributed by atoms with Crippen molar-refractivity contribution in [1.82, 2.24) is 4.31 Å². The van der Waals surface area contributed by atoms with Gasteiger partial charge in [-0.25, -0.2) is 8.42 Å². The molecule has 0 aliphatic heterocycles. The molecule has 1 aromatic carbocycles. The lowest BCUT2D eigenvalue weighted by molar-refractivity contribution is 0.0638. The van der Waals surface area contributed by atoms with Crippen LogP contribution in [0.2, 0.25) is 0 Å². The first kappa shape index (κ1) is 16.0. The summed E-state index contributed by atoms with van der Waals surface area (Å²) in [5.41, 5.74) is 0.984. The summed E-state index contributed by atoms with van der Waals surface area (Å²) >= 11 is 0. The molecule has 2 unspecified atom stereocenters. The molecule has 0 amide bonds. The number of aryl methyl sites for hydroxylation is 1. The van der Waals surface area contributed by atoms with E-state index in [0.717, 1.165) is 12.8 Å². The number of rotatable bonds is 3. The number of benzene rings is 1. The predicted molar refractivity (Wildman–Crippen MR) is 79.1 cm³/mol. The van der Waals surface area contributed by atoms with Gasteiger partial charge < -0.3 is 5.11 Å². The number of hydrogen-bond acceptors (Lipinski definition) is 4. The fourth-order valence-electron chi connectivity index (χ4n) is 2.86. The van der Waals surface area contributed by atoms with Gasteiger partial charge in [-0.15, -0.1) is 0 Å². The van der Waals surface area contributed by atoms with E-state index in [9.17, 15) is 13.5 Å². The van der Waals surface area contributed by atoms with Gasteiger partial charge in [-0.05, 0) is 43.5 Å². The molecular formula is C15H20N2O3S. The van der Waals surface area contributed by atoms with Gasteiger partial charge in [0.05, 0.1) is 28.7 Å². The highest BCUT2D eigenvalue weighted by Crippen LogP contribution is 2.28. The Hall–Kier alpha value is -1.42. The molecule has 0 spiro atoms. The van der Waals surface area contributed by atoms with E-state index in [4.69, 9.17) is 5.26 Å². The van der Waals surface area contributed by atoms with E-state index < -0.39 is 16.1 Å². The maximum Gasteiger partial charge on any atom is 0.243 e. The van der Waals surface area contributed by atoms with Gasteiger partial charge in [0.2, 0.25) is 10.0 Å². The Kier molecular flexibility index (Phi) is 4.67. The van der Waals surface area contributed by atoms with Gasteiger partial charge >= 0.3 is 0 Å². The standard InChI is InChI=1S/C15H20N2O3S/c1-11-9-12(10-16)7-8-15(11)21(19,20)17(2)13-5-3-4-6-14(13)18/h7-9,13-14,18H,3-6H2,1-2H3. The summed E-state index contributed by atoms with van der Waals surface area (Å²) in [6.45, 7) is 1.68. The highest BCUT2D eigenvalue weighted by Gasteiger charge is 2.34. The topological polar surface area (TPSA) is 81.4 Å². The molecule has 0 heterocycles. The first-order valence-electron chi connectivity index (χ1n) is 7.05. The maximum atomic E-state index is 12.7. The van der Waals surface area contributed by atoms with Crippen LogP contribution in [0, 0.1) is 18.3 Å². The van der Waals surface area contributed by atoms with Crippen LogP contribution in [0.4, 0.5) is 0 Å². The third-order valence-electron chi connectivity index (χ3n) is 4.12. The molecule has 2 rings (SSSR count). The van der Waals surface area contributed by atoms with Crippen molar-refractivity contribution < 1.29 is 13.5 Å². The van der Waals surface area contributed by atoms with Crippen LogP contribution in [0.15, 0.2) is 23.1 Å². The van der Waals surface area contributed by atoms with E-state index in [-0.39, 0.29) is 10.9 Å². The van der Waals surface area contributed by atoms with E-state index in [1.165, 1.54) is 23.5 Å². The Morgan fingerprint density at radius 1 is 1.33 bits per heavy atom. The van der Waals surface area contributed by atoms with Crippen LogP contribution in [0.1, 0.15) is 36.8 Å². The lowest BCUT2D eigenvalue weighted by atomic mass is 9.93. The zero-order chi connectivity index (χ0) is 15.6. The van der Waals surface area contributed by atoms with Crippen molar-refractivity contribution in [2.75, 3.05) is 7.05 Å². The lowest BCUT2D eigenvalue weighted by Crippen LogP contribution is -2.46. The van der Waals surface area contributed by atoms with Gasteiger partial charge in [0.15, 0.2) is 0 Å². The summed E-state index contributed by atoms with van der Waals surface area (Å²) in [7, 11) is -2.14. The largest absolute Gasteiger partial charge is 0.391 e. The predicted octanol–water partition coefficient (Wildman–Crippen LogP) is 1.79. The van der Waals surface area contributed by atoms with E-state index in [0.29, 0.717) is 24.0 Å². The first-order chi connectivity index (χ1) is 9.87. The van der Waals surface area contributed by atoms with Crippen LogP contribution >= 0.6 is 0 Å². The molecule has 1 saturated carbocycles. The number of sulfonamides is 1. The van der Waals surface area contributed by atoms with Crippen LogP contribution < -0.4 is 0 Å². The van der Waals surface area contributed by atoms with Crippen molar-refractivity contribution in [2.45, 2.75) is 49.6 Å². The van der Waals surface area contributed by atoms with Crippen molar-refractivity contribution in [2.24, 2.45) is 0 Å². The Balaban J connectivity index is 2.35. The molecule has 1 fully saturated rings. The molecule has 2 atom stereocenters. The summed E-state index contributed by atoms with van der Waals surface area (Å²) < 4.78 is 26.7. The van der Waals surface area contributed by atoms with E-state index in [2.05, 4.69) is 0 Å². The zero-order valence-electron chi connectivity index (χ0n) is 12.3. The van der Waals surface area contributed by atoms with Crippen molar-refractivity contribution >= 4 is 10.0 Å². The lowest BCUT2D eigenvalue weighted by Gasteiger charge is -2.34. The third kappa shape index (κ3) is 3.10. The molecule has 114 valence electrons. The van der Waals surface area contributed by atoms with Crippen LogP contribution in [0.5, 0.6) is 0 Å². The Bertz CT molecular complexity index is 664. The summed E-state index contributed by atoms with van der Waals surface area (Å²) in [4.78, 5) is 0.196. The van der Waals surface area contributed by atoms with E-state index in [1.807, 2.05) is 6.07 Å². The average Bonchev–Trinajstić information content (AvgIpc) is 2.46. The molecular weight excluding hydrogens is 288 g/mol. The second kappa shape index (κ2) is 6.14. The van der Waals surface area contributed by atoms with Crippen LogP contribution in [0.3, 0.4) is 0 Å². The van der Waals surface area contributed by atoms with Gasteiger partial charge in [-0.1, -0.05) is 12.8 Å². The SMILES string of the molecule is Cc1cc(C#N)ccc1S(=O)(=O)N(C)C1CCCCC1O. The number of hydrogen-bond donors (Lipinski definition) is 1. The molecule has 1 aliphatic carbocycles. The second-order valence-corrected chi connectivity index (χ2v) is 7.50. The normalized spacial score (nSPS) is 23.0. The molecule has 0 radical (unpaired) electrons. The fraction of sp³-hybridized carbons (Fsp3) is 0.533. The van der Waals surface area contributed by atoms with Gasteiger partial charge in [-0.2, -0.15) is 9.57 Å². The quantitative estimate of drug-likeness (QED) is 0.923. The van der Waals surface area contributed by atoms with Gasteiger partial charge in [0, 0.05) is 7.05 Å². The molecule has 0 saturated heterocycles. The van der Waals surface area contributed by atoms with Crippen molar-refractivity contribution in [3.05, 3.63) is 29.3 Å². The third-order valence-corrected chi connectivity index (χ3v) is 6.16. The first-order valence-corrected chi connectivity index (χ1v) is 8.49. The fourth-order valence-corrected chi connectivity index (χ4v) is 4.48. The maximum absolute atomic E-state index is 12.7. The molecule has 1 aromatic rings. The summed E-state index contributed by atoms with van der Waals surface area (Å²) in [6.07, 6.45) is 2.55. The number of likely N-dealkylation sites (N-methyl/N-ethyl adjacent to an activating group) is 1. The molecule has 21 heavy (non-hydrogen) atoms. The molecule has 6 heteroatoms. The van der Waals surface area contributed by atoms with E-state index in [1.54, 1.807) is 13.0 Å². The molecule has 5 nitrogen and oxygen atoms in total.